The van der Waals surface area contributed by atoms with E-state index in [1.54, 1.807) is 6.07 Å². The molecule has 1 aliphatic heterocycles. The summed E-state index contributed by atoms with van der Waals surface area (Å²) < 4.78 is 0. The number of benzene rings is 1. The van der Waals surface area contributed by atoms with Gasteiger partial charge in [-0.2, -0.15) is 0 Å². The smallest absolute Gasteiger partial charge is 0.125 e. The number of halogens is 2. The number of nitrogens with zero attached hydrogens (tertiary/aromatic N) is 4. The predicted molar refractivity (Wildman–Crippen MR) is 104 cm³/mol. The lowest BCUT2D eigenvalue weighted by Gasteiger charge is -2.27. The van der Waals surface area contributed by atoms with Crippen molar-refractivity contribution in [2.45, 2.75) is 26.4 Å². The molecule has 2 aromatic heterocycles. The van der Waals surface area contributed by atoms with Crippen LogP contribution in [0.4, 0.5) is 0 Å². The van der Waals surface area contributed by atoms with E-state index in [4.69, 9.17) is 23.2 Å². The van der Waals surface area contributed by atoms with Crippen LogP contribution in [0.1, 0.15) is 22.6 Å². The van der Waals surface area contributed by atoms with Crippen LogP contribution in [0.5, 0.6) is 0 Å². The van der Waals surface area contributed by atoms with Crippen LogP contribution in [0.25, 0.3) is 11.3 Å². The van der Waals surface area contributed by atoms with Gasteiger partial charge in [0.25, 0.3) is 0 Å². The fourth-order valence-electron chi connectivity index (χ4n) is 3.21. The Hall–Kier alpha value is -2.01. The second kappa shape index (κ2) is 7.31. The minimum Gasteiger partial charge on any atom is -0.294 e. The van der Waals surface area contributed by atoms with Crippen LogP contribution >= 0.6 is 23.2 Å². The maximum Gasteiger partial charge on any atom is 0.125 e. The lowest BCUT2D eigenvalue weighted by atomic mass is 10.1. The van der Waals surface area contributed by atoms with Crippen molar-refractivity contribution < 1.29 is 0 Å². The van der Waals surface area contributed by atoms with Gasteiger partial charge in [-0.3, -0.25) is 9.88 Å². The summed E-state index contributed by atoms with van der Waals surface area (Å²) in [6.07, 6.45) is 4.85. The molecule has 26 heavy (non-hydrogen) atoms. The van der Waals surface area contributed by atoms with E-state index >= 15 is 0 Å². The summed E-state index contributed by atoms with van der Waals surface area (Å²) in [7, 11) is 0. The number of fused-ring (bicyclic) bond motifs is 1. The molecular weight excluding hydrogens is 367 g/mol. The largest absolute Gasteiger partial charge is 0.294 e. The topological polar surface area (TPSA) is 41.9 Å². The van der Waals surface area contributed by atoms with Crippen LogP contribution in [0, 0.1) is 6.92 Å². The van der Waals surface area contributed by atoms with Gasteiger partial charge in [0.05, 0.1) is 15.7 Å². The van der Waals surface area contributed by atoms with Crippen molar-refractivity contribution in [3.8, 4) is 11.3 Å². The third-order valence-electron chi connectivity index (χ3n) is 4.58. The van der Waals surface area contributed by atoms with Crippen molar-refractivity contribution in [2.75, 3.05) is 6.54 Å². The standard InChI is InChI=1S/C20H18Cl2N4/c1-13-23-10-16-12-26(7-6-20(16)25-13)11-14-2-5-19(24-9-14)15-3-4-17(21)18(22)8-15/h2-5,8-10H,6-7,11-12H2,1H3. The number of aryl methyl sites for hydroxylation is 1. The van der Waals surface area contributed by atoms with Crippen molar-refractivity contribution in [2.24, 2.45) is 0 Å². The summed E-state index contributed by atoms with van der Waals surface area (Å²) in [6.45, 7) is 4.68. The lowest BCUT2D eigenvalue weighted by Crippen LogP contribution is -2.31. The van der Waals surface area contributed by atoms with Gasteiger partial charge in [-0.05, 0) is 30.7 Å². The third-order valence-corrected chi connectivity index (χ3v) is 5.32. The monoisotopic (exact) mass is 384 g/mol. The SMILES string of the molecule is Cc1ncc2c(n1)CCN(Cc1ccc(-c3ccc(Cl)c(Cl)c3)nc1)C2. The first kappa shape index (κ1) is 17.4. The van der Waals surface area contributed by atoms with E-state index in [0.717, 1.165) is 43.1 Å². The average molecular weight is 385 g/mol. The Morgan fingerprint density at radius 3 is 2.69 bits per heavy atom. The zero-order chi connectivity index (χ0) is 18.1. The predicted octanol–water partition coefficient (Wildman–Crippen LogP) is 4.71. The van der Waals surface area contributed by atoms with Gasteiger partial charge >= 0.3 is 0 Å². The number of aromatic nitrogens is 3. The Morgan fingerprint density at radius 2 is 1.92 bits per heavy atom. The quantitative estimate of drug-likeness (QED) is 0.655. The van der Waals surface area contributed by atoms with Gasteiger partial charge < -0.3 is 0 Å². The van der Waals surface area contributed by atoms with E-state index < -0.39 is 0 Å². The minimum atomic E-state index is 0.541. The third kappa shape index (κ3) is 3.73. The van der Waals surface area contributed by atoms with Crippen molar-refractivity contribution in [1.82, 2.24) is 19.9 Å². The minimum absolute atomic E-state index is 0.541. The highest BCUT2D eigenvalue weighted by atomic mass is 35.5. The molecule has 0 amide bonds. The molecule has 0 unspecified atom stereocenters. The molecule has 0 saturated carbocycles. The van der Waals surface area contributed by atoms with Crippen LogP contribution in [0.15, 0.2) is 42.7 Å². The summed E-state index contributed by atoms with van der Waals surface area (Å²) in [5.41, 5.74) is 5.44. The molecule has 0 N–H and O–H groups in total. The van der Waals surface area contributed by atoms with Gasteiger partial charge in [-0.25, -0.2) is 9.97 Å². The maximum absolute atomic E-state index is 6.10. The van der Waals surface area contributed by atoms with Crippen molar-refractivity contribution in [3.05, 3.63) is 75.4 Å². The number of pyridine rings is 1. The summed E-state index contributed by atoms with van der Waals surface area (Å²) in [5, 5.41) is 1.09. The zero-order valence-electron chi connectivity index (χ0n) is 14.4. The Morgan fingerprint density at radius 1 is 1.04 bits per heavy atom. The van der Waals surface area contributed by atoms with Gasteiger partial charge in [0, 0.05) is 55.3 Å². The van der Waals surface area contributed by atoms with E-state index in [2.05, 4.69) is 25.9 Å². The van der Waals surface area contributed by atoms with Crippen LogP contribution in [0.2, 0.25) is 10.0 Å². The Kier molecular flexibility index (Phi) is 4.90. The first-order valence-electron chi connectivity index (χ1n) is 8.52. The summed E-state index contributed by atoms with van der Waals surface area (Å²) in [4.78, 5) is 15.9. The molecule has 0 saturated heterocycles. The van der Waals surface area contributed by atoms with E-state index in [-0.39, 0.29) is 0 Å². The summed E-state index contributed by atoms with van der Waals surface area (Å²) >= 11 is 12.1. The van der Waals surface area contributed by atoms with Gasteiger partial charge in [0.15, 0.2) is 0 Å². The summed E-state index contributed by atoms with van der Waals surface area (Å²) in [5.74, 6) is 0.847. The molecule has 3 heterocycles. The Labute approximate surface area is 162 Å². The molecule has 132 valence electrons. The molecule has 0 radical (unpaired) electrons. The average Bonchev–Trinajstić information content (AvgIpc) is 2.65. The van der Waals surface area contributed by atoms with Crippen LogP contribution in [-0.2, 0) is 19.5 Å². The van der Waals surface area contributed by atoms with E-state index in [0.29, 0.717) is 10.0 Å². The van der Waals surface area contributed by atoms with Crippen LogP contribution in [-0.4, -0.2) is 26.4 Å². The molecule has 1 aromatic carbocycles. The highest BCUT2D eigenvalue weighted by Gasteiger charge is 2.18. The highest BCUT2D eigenvalue weighted by molar-refractivity contribution is 6.42. The fraction of sp³-hybridized carbons (Fsp3) is 0.250. The molecule has 0 bridgehead atoms. The Bertz CT molecular complexity index is 941. The van der Waals surface area contributed by atoms with Crippen molar-refractivity contribution in [1.29, 1.82) is 0 Å². The maximum atomic E-state index is 6.10. The second-order valence-electron chi connectivity index (χ2n) is 6.53. The Balaban J connectivity index is 1.46. The van der Waals surface area contributed by atoms with Crippen molar-refractivity contribution in [3.63, 3.8) is 0 Å². The van der Waals surface area contributed by atoms with E-state index in [9.17, 15) is 0 Å². The fourth-order valence-corrected chi connectivity index (χ4v) is 3.51. The second-order valence-corrected chi connectivity index (χ2v) is 7.34. The number of rotatable bonds is 3. The molecular formula is C20H18Cl2N4. The van der Waals surface area contributed by atoms with Gasteiger partial charge in [-0.1, -0.05) is 35.3 Å². The lowest BCUT2D eigenvalue weighted by molar-refractivity contribution is 0.242. The molecule has 0 spiro atoms. The van der Waals surface area contributed by atoms with Crippen LogP contribution in [0.3, 0.4) is 0 Å². The molecule has 6 heteroatoms. The molecule has 0 atom stereocenters. The normalized spacial score (nSPS) is 14.3. The molecule has 4 rings (SSSR count). The van der Waals surface area contributed by atoms with Gasteiger partial charge in [0.2, 0.25) is 0 Å². The van der Waals surface area contributed by atoms with Gasteiger partial charge in [-0.15, -0.1) is 0 Å². The molecule has 4 nitrogen and oxygen atoms in total. The van der Waals surface area contributed by atoms with Crippen molar-refractivity contribution >= 4 is 23.2 Å². The van der Waals surface area contributed by atoms with E-state index in [1.165, 1.54) is 16.8 Å². The molecule has 0 fully saturated rings. The van der Waals surface area contributed by atoms with Crippen LogP contribution < -0.4 is 0 Å². The zero-order valence-corrected chi connectivity index (χ0v) is 15.9. The molecule has 1 aliphatic rings. The molecule has 3 aromatic rings. The first-order valence-corrected chi connectivity index (χ1v) is 9.28. The van der Waals surface area contributed by atoms with Gasteiger partial charge in [0.1, 0.15) is 5.82 Å². The number of hydrogen-bond acceptors (Lipinski definition) is 4. The van der Waals surface area contributed by atoms with E-state index in [1.807, 2.05) is 37.5 Å². The summed E-state index contributed by atoms with van der Waals surface area (Å²) in [6, 6.07) is 9.71. The number of hydrogen-bond donors (Lipinski definition) is 0. The highest BCUT2D eigenvalue weighted by Crippen LogP contribution is 2.27. The first-order chi connectivity index (χ1) is 12.6. The molecule has 0 aliphatic carbocycles.